The lowest BCUT2D eigenvalue weighted by Gasteiger charge is -2.15. The van der Waals surface area contributed by atoms with Crippen LogP contribution in [-0.2, 0) is 10.0 Å². The minimum Gasteiger partial charge on any atom is -0.506 e. The monoisotopic (exact) mass is 451 g/mol. The van der Waals surface area contributed by atoms with Crippen molar-refractivity contribution in [2.45, 2.75) is 11.8 Å². The molecule has 164 valence electrons. The van der Waals surface area contributed by atoms with Gasteiger partial charge in [0.25, 0.3) is 0 Å². The molecule has 0 saturated heterocycles. The van der Waals surface area contributed by atoms with Crippen LogP contribution in [0.25, 0.3) is 16.5 Å². The molecule has 0 fully saturated rings. The predicted octanol–water partition coefficient (Wildman–Crippen LogP) is 4.41. The first-order valence-electron chi connectivity index (χ1n) is 9.65. The average molecular weight is 452 g/mol. The highest BCUT2D eigenvalue weighted by molar-refractivity contribution is 7.89. The fourth-order valence-electron chi connectivity index (χ4n) is 3.30. The van der Waals surface area contributed by atoms with Crippen LogP contribution in [0.3, 0.4) is 0 Å². The van der Waals surface area contributed by atoms with Crippen molar-refractivity contribution in [1.82, 2.24) is 14.1 Å². The van der Waals surface area contributed by atoms with Crippen molar-refractivity contribution >= 4 is 32.2 Å². The second-order valence-electron chi connectivity index (χ2n) is 7.28. The van der Waals surface area contributed by atoms with Crippen LogP contribution in [0.4, 0.5) is 11.4 Å². The maximum atomic E-state index is 12.7. The Morgan fingerprint density at radius 2 is 1.50 bits per heavy atom. The lowest BCUT2D eigenvalue weighted by atomic mass is 10.1. The molecule has 0 unspecified atom stereocenters. The van der Waals surface area contributed by atoms with Crippen LogP contribution >= 0.6 is 0 Å². The zero-order chi connectivity index (χ0) is 23.0. The van der Waals surface area contributed by atoms with E-state index in [-0.39, 0.29) is 27.9 Å². The molecule has 0 spiro atoms. The Hall–Kier alpha value is -3.76. The normalized spacial score (nSPS) is 12.2. The second kappa shape index (κ2) is 8.06. The molecule has 9 nitrogen and oxygen atoms in total. The molecule has 3 aromatic carbocycles. The minimum atomic E-state index is -3.80. The van der Waals surface area contributed by atoms with Gasteiger partial charge >= 0.3 is 0 Å². The number of phenols is 1. The van der Waals surface area contributed by atoms with E-state index in [1.807, 2.05) is 18.2 Å². The quantitative estimate of drug-likeness (QED) is 0.436. The molecule has 4 aromatic rings. The summed E-state index contributed by atoms with van der Waals surface area (Å²) in [5, 5.41) is 34.6. The van der Waals surface area contributed by atoms with E-state index in [9.17, 15) is 18.6 Å². The molecule has 0 amide bonds. The fourth-order valence-corrected chi connectivity index (χ4v) is 4.41. The third kappa shape index (κ3) is 3.59. The maximum absolute atomic E-state index is 12.7. The zero-order valence-electron chi connectivity index (χ0n) is 17.6. The van der Waals surface area contributed by atoms with Crippen LogP contribution in [0.5, 0.6) is 11.6 Å². The number of aromatic nitrogens is 2. The van der Waals surface area contributed by atoms with Crippen molar-refractivity contribution in [3.05, 3.63) is 66.4 Å². The van der Waals surface area contributed by atoms with Crippen LogP contribution in [0, 0.1) is 6.92 Å². The van der Waals surface area contributed by atoms with E-state index in [0.29, 0.717) is 22.2 Å². The Balaban J connectivity index is 1.85. The zero-order valence-corrected chi connectivity index (χ0v) is 18.4. The first kappa shape index (κ1) is 21.5. The Labute approximate surface area is 184 Å². The lowest BCUT2D eigenvalue weighted by Crippen LogP contribution is -2.22. The maximum Gasteiger partial charge on any atom is 0.243 e. The highest BCUT2D eigenvalue weighted by Gasteiger charge is 2.24. The van der Waals surface area contributed by atoms with Gasteiger partial charge in [-0.1, -0.05) is 42.5 Å². The third-order valence-corrected chi connectivity index (χ3v) is 6.83. The Morgan fingerprint density at radius 1 is 0.906 bits per heavy atom. The second-order valence-corrected chi connectivity index (χ2v) is 9.40. The standard InChI is InChI=1S/C22H21N5O4S/c1-14-20(22(29)27(25-14)15-9-5-4-6-10-15)23-24-21-17-12-8-7-11-16(17)19(13-18(21)28)32(30,31)26(2)3/h4-13,28-29H,1-3H3/b24-23+. The van der Waals surface area contributed by atoms with E-state index >= 15 is 0 Å². The summed E-state index contributed by atoms with van der Waals surface area (Å²) in [6.45, 7) is 1.68. The number of azo groups is 1. The van der Waals surface area contributed by atoms with Gasteiger partial charge in [0.2, 0.25) is 15.9 Å². The Morgan fingerprint density at radius 3 is 2.16 bits per heavy atom. The molecule has 0 aliphatic heterocycles. The number of sulfonamides is 1. The van der Waals surface area contributed by atoms with E-state index in [4.69, 9.17) is 0 Å². The van der Waals surface area contributed by atoms with Crippen LogP contribution < -0.4 is 0 Å². The van der Waals surface area contributed by atoms with Gasteiger partial charge in [-0.3, -0.25) is 0 Å². The summed E-state index contributed by atoms with van der Waals surface area (Å²) in [6, 6.07) is 16.9. The van der Waals surface area contributed by atoms with Gasteiger partial charge in [0.1, 0.15) is 11.4 Å². The number of para-hydroxylation sites is 1. The van der Waals surface area contributed by atoms with Gasteiger partial charge in [-0.05, 0) is 19.1 Å². The third-order valence-electron chi connectivity index (χ3n) is 4.97. The number of hydrogen-bond donors (Lipinski definition) is 2. The van der Waals surface area contributed by atoms with E-state index in [1.165, 1.54) is 18.8 Å². The first-order chi connectivity index (χ1) is 15.2. The van der Waals surface area contributed by atoms with E-state index < -0.39 is 10.0 Å². The summed E-state index contributed by atoms with van der Waals surface area (Å²) >= 11 is 0. The number of aromatic hydroxyl groups is 2. The van der Waals surface area contributed by atoms with Crippen LogP contribution in [0.15, 0.2) is 75.8 Å². The van der Waals surface area contributed by atoms with Gasteiger partial charge in [0.05, 0.1) is 16.3 Å². The van der Waals surface area contributed by atoms with Crippen molar-refractivity contribution in [3.8, 4) is 17.3 Å². The van der Waals surface area contributed by atoms with Crippen molar-refractivity contribution < 1.29 is 18.6 Å². The summed E-state index contributed by atoms with van der Waals surface area (Å²) in [7, 11) is -0.960. The summed E-state index contributed by atoms with van der Waals surface area (Å²) in [6.07, 6.45) is 0. The molecule has 0 atom stereocenters. The number of aryl methyl sites for hydroxylation is 1. The molecule has 2 N–H and O–H groups in total. The van der Waals surface area contributed by atoms with Gasteiger partial charge in [-0.15, -0.1) is 10.2 Å². The summed E-state index contributed by atoms with van der Waals surface area (Å²) in [5.74, 6) is -0.548. The number of hydrogen-bond acceptors (Lipinski definition) is 7. The number of benzene rings is 3. The molecule has 0 aliphatic rings. The Bertz CT molecular complexity index is 1440. The first-order valence-corrected chi connectivity index (χ1v) is 11.1. The topological polar surface area (TPSA) is 120 Å². The smallest absolute Gasteiger partial charge is 0.243 e. The molecule has 10 heteroatoms. The van der Waals surface area contributed by atoms with E-state index in [1.54, 1.807) is 43.3 Å². The minimum absolute atomic E-state index is 0.0366. The molecule has 4 rings (SSSR count). The number of rotatable bonds is 5. The van der Waals surface area contributed by atoms with E-state index in [2.05, 4.69) is 15.3 Å². The number of nitrogens with zero attached hydrogens (tertiary/aromatic N) is 5. The van der Waals surface area contributed by atoms with Gasteiger partial charge < -0.3 is 10.2 Å². The number of phenolic OH excluding ortho intramolecular Hbond substituents is 1. The molecular weight excluding hydrogens is 430 g/mol. The predicted molar refractivity (Wildman–Crippen MR) is 121 cm³/mol. The highest BCUT2D eigenvalue weighted by atomic mass is 32.2. The summed E-state index contributed by atoms with van der Waals surface area (Å²) < 4.78 is 27.9. The summed E-state index contributed by atoms with van der Waals surface area (Å²) in [4.78, 5) is -0.0366. The fraction of sp³-hybridized carbons (Fsp3) is 0.136. The summed E-state index contributed by atoms with van der Waals surface area (Å²) in [5.41, 5.74) is 1.32. The molecule has 0 bridgehead atoms. The van der Waals surface area contributed by atoms with Crippen LogP contribution in [-0.4, -0.2) is 46.8 Å². The van der Waals surface area contributed by atoms with Crippen molar-refractivity contribution in [3.63, 3.8) is 0 Å². The largest absolute Gasteiger partial charge is 0.506 e. The van der Waals surface area contributed by atoms with Crippen LogP contribution in [0.1, 0.15) is 5.69 Å². The molecule has 32 heavy (non-hydrogen) atoms. The number of fused-ring (bicyclic) bond motifs is 1. The molecule has 0 radical (unpaired) electrons. The van der Waals surface area contributed by atoms with Crippen molar-refractivity contribution in [2.75, 3.05) is 14.1 Å². The molecule has 1 aromatic heterocycles. The molecule has 1 heterocycles. The Kier molecular flexibility index (Phi) is 5.41. The average Bonchev–Trinajstić information content (AvgIpc) is 3.06. The highest BCUT2D eigenvalue weighted by Crippen LogP contribution is 2.41. The van der Waals surface area contributed by atoms with E-state index in [0.717, 1.165) is 10.4 Å². The molecular formula is C22H21N5O4S. The SMILES string of the molecule is Cc1nn(-c2ccccc2)c(O)c1/N=N/c1c(O)cc(S(=O)(=O)N(C)C)c2ccccc12. The van der Waals surface area contributed by atoms with Crippen molar-refractivity contribution in [1.29, 1.82) is 0 Å². The molecule has 0 aliphatic carbocycles. The van der Waals surface area contributed by atoms with Gasteiger partial charge in [0.15, 0.2) is 5.69 Å². The molecule has 0 saturated carbocycles. The van der Waals surface area contributed by atoms with Gasteiger partial charge in [-0.2, -0.15) is 9.78 Å². The van der Waals surface area contributed by atoms with Gasteiger partial charge in [0, 0.05) is 30.9 Å². The van der Waals surface area contributed by atoms with Crippen molar-refractivity contribution in [2.24, 2.45) is 10.2 Å². The lowest BCUT2D eigenvalue weighted by molar-refractivity contribution is 0.434. The van der Waals surface area contributed by atoms with Crippen LogP contribution in [0.2, 0.25) is 0 Å². The van der Waals surface area contributed by atoms with Gasteiger partial charge in [-0.25, -0.2) is 12.7 Å².